The van der Waals surface area contributed by atoms with Gasteiger partial charge in [0.1, 0.15) is 0 Å². The molecule has 0 aromatic heterocycles. The zero-order chi connectivity index (χ0) is 12.6. The fourth-order valence-corrected chi connectivity index (χ4v) is 6.85. The van der Waals surface area contributed by atoms with Crippen LogP contribution in [0.25, 0.3) is 0 Å². The zero-order valence-corrected chi connectivity index (χ0v) is 12.4. The summed E-state index contributed by atoms with van der Waals surface area (Å²) in [5.41, 5.74) is 1.57. The normalized spacial score (nSPS) is 57.2. The van der Waals surface area contributed by atoms with E-state index in [1.807, 2.05) is 0 Å². The number of rotatable bonds is 1. The standard InChI is InChI=1S/C17H29N/c1-15(2)16(3,4-5-18-15)17-9-12-6-13(10-17)8-14(7-12)11-17/h12-14,18H,4-11H2,1-3H3. The largest absolute Gasteiger partial charge is 0.311 e. The van der Waals surface area contributed by atoms with Crippen LogP contribution >= 0.6 is 0 Å². The molecule has 5 fully saturated rings. The van der Waals surface area contributed by atoms with Crippen molar-refractivity contribution in [1.29, 1.82) is 0 Å². The van der Waals surface area contributed by atoms with E-state index in [1.54, 1.807) is 38.5 Å². The van der Waals surface area contributed by atoms with Crippen molar-refractivity contribution in [2.75, 3.05) is 6.54 Å². The van der Waals surface area contributed by atoms with Gasteiger partial charge in [-0.15, -0.1) is 0 Å². The maximum Gasteiger partial charge on any atom is 0.0184 e. The molecule has 1 atom stereocenters. The van der Waals surface area contributed by atoms with Gasteiger partial charge in [0.15, 0.2) is 0 Å². The second kappa shape index (κ2) is 3.34. The van der Waals surface area contributed by atoms with Crippen molar-refractivity contribution in [2.24, 2.45) is 28.6 Å². The van der Waals surface area contributed by atoms with Crippen LogP contribution in [0.1, 0.15) is 65.7 Å². The average molecular weight is 247 g/mol. The summed E-state index contributed by atoms with van der Waals surface area (Å²) in [6.07, 6.45) is 10.8. The molecule has 5 rings (SSSR count). The minimum atomic E-state index is 0.346. The predicted molar refractivity (Wildman–Crippen MR) is 75.4 cm³/mol. The summed E-state index contributed by atoms with van der Waals surface area (Å²) in [5.74, 6) is 3.26. The molecule has 0 radical (unpaired) electrons. The first-order valence-electron chi connectivity index (χ1n) is 8.19. The Balaban J connectivity index is 1.75. The maximum atomic E-state index is 3.81. The highest BCUT2D eigenvalue weighted by Crippen LogP contribution is 2.69. The van der Waals surface area contributed by atoms with Gasteiger partial charge in [-0.1, -0.05) is 6.92 Å². The third kappa shape index (κ3) is 1.27. The molecule has 0 aromatic carbocycles. The number of nitrogens with one attached hydrogen (secondary N) is 1. The molecule has 1 heteroatoms. The molecule has 4 bridgehead atoms. The van der Waals surface area contributed by atoms with E-state index in [-0.39, 0.29) is 0 Å². The van der Waals surface area contributed by atoms with E-state index in [9.17, 15) is 0 Å². The Bertz CT molecular complexity index is 335. The minimum absolute atomic E-state index is 0.346. The lowest BCUT2D eigenvalue weighted by Gasteiger charge is -2.65. The van der Waals surface area contributed by atoms with Crippen LogP contribution in [-0.4, -0.2) is 12.1 Å². The average Bonchev–Trinajstić information content (AvgIpc) is 2.53. The first-order valence-corrected chi connectivity index (χ1v) is 8.19. The highest BCUT2D eigenvalue weighted by atomic mass is 15.0. The van der Waals surface area contributed by atoms with Crippen molar-refractivity contribution >= 4 is 0 Å². The molecule has 1 nitrogen and oxygen atoms in total. The third-order valence-corrected chi connectivity index (χ3v) is 7.78. The molecule has 1 unspecified atom stereocenters. The Morgan fingerprint density at radius 3 is 1.72 bits per heavy atom. The van der Waals surface area contributed by atoms with E-state index < -0.39 is 0 Å². The van der Waals surface area contributed by atoms with E-state index in [0.717, 1.165) is 17.8 Å². The summed E-state index contributed by atoms with van der Waals surface area (Å²) >= 11 is 0. The Kier molecular flexibility index (Phi) is 2.18. The van der Waals surface area contributed by atoms with Gasteiger partial charge in [0.2, 0.25) is 0 Å². The SMILES string of the molecule is CC1(C)NCCC1(C)C12CC3CC(CC(C3)C1)C2. The molecule has 1 N–H and O–H groups in total. The lowest BCUT2D eigenvalue weighted by atomic mass is 9.40. The van der Waals surface area contributed by atoms with Gasteiger partial charge in [-0.2, -0.15) is 0 Å². The van der Waals surface area contributed by atoms with Crippen molar-refractivity contribution < 1.29 is 0 Å². The van der Waals surface area contributed by atoms with Gasteiger partial charge >= 0.3 is 0 Å². The highest BCUT2D eigenvalue weighted by molar-refractivity contribution is 5.16. The van der Waals surface area contributed by atoms with Gasteiger partial charge in [0, 0.05) is 5.54 Å². The van der Waals surface area contributed by atoms with Crippen molar-refractivity contribution in [1.82, 2.24) is 5.32 Å². The molecule has 5 aliphatic rings. The number of hydrogen-bond acceptors (Lipinski definition) is 1. The lowest BCUT2D eigenvalue weighted by Crippen LogP contribution is -2.60. The fraction of sp³-hybridized carbons (Fsp3) is 1.00. The lowest BCUT2D eigenvalue weighted by molar-refractivity contribution is -0.142. The summed E-state index contributed by atoms with van der Waals surface area (Å²) in [5, 5.41) is 3.81. The topological polar surface area (TPSA) is 12.0 Å². The molecule has 0 aromatic rings. The second-order valence-corrected chi connectivity index (χ2v) is 8.83. The van der Waals surface area contributed by atoms with Crippen LogP contribution in [0, 0.1) is 28.6 Å². The van der Waals surface area contributed by atoms with E-state index in [4.69, 9.17) is 0 Å². The van der Waals surface area contributed by atoms with Crippen LogP contribution in [0.3, 0.4) is 0 Å². The smallest absolute Gasteiger partial charge is 0.0184 e. The Morgan fingerprint density at radius 1 is 0.833 bits per heavy atom. The molecule has 102 valence electrons. The first kappa shape index (κ1) is 11.8. The predicted octanol–water partition coefficient (Wildman–Crippen LogP) is 3.98. The van der Waals surface area contributed by atoms with Gasteiger partial charge in [0.25, 0.3) is 0 Å². The second-order valence-electron chi connectivity index (χ2n) is 8.83. The zero-order valence-electron chi connectivity index (χ0n) is 12.4. The van der Waals surface area contributed by atoms with Crippen molar-refractivity contribution in [3.63, 3.8) is 0 Å². The van der Waals surface area contributed by atoms with Crippen molar-refractivity contribution in [3.05, 3.63) is 0 Å². The quantitative estimate of drug-likeness (QED) is 0.739. The van der Waals surface area contributed by atoms with Crippen LogP contribution < -0.4 is 5.32 Å². The molecule has 1 heterocycles. The Hall–Kier alpha value is -0.0400. The molecular formula is C17H29N. The monoisotopic (exact) mass is 247 g/mol. The number of hydrogen-bond donors (Lipinski definition) is 1. The van der Waals surface area contributed by atoms with E-state index >= 15 is 0 Å². The molecule has 4 aliphatic carbocycles. The highest BCUT2D eigenvalue weighted by Gasteiger charge is 2.63. The Morgan fingerprint density at radius 2 is 1.33 bits per heavy atom. The summed E-state index contributed by atoms with van der Waals surface area (Å²) in [7, 11) is 0. The summed E-state index contributed by atoms with van der Waals surface area (Å²) in [6.45, 7) is 8.81. The molecule has 18 heavy (non-hydrogen) atoms. The van der Waals surface area contributed by atoms with Gasteiger partial charge in [-0.3, -0.25) is 0 Å². The molecule has 0 spiro atoms. The maximum absolute atomic E-state index is 3.81. The van der Waals surface area contributed by atoms with Crippen LogP contribution in [-0.2, 0) is 0 Å². The van der Waals surface area contributed by atoms with E-state index in [1.165, 1.54) is 13.0 Å². The summed E-state index contributed by atoms with van der Waals surface area (Å²) in [4.78, 5) is 0. The summed E-state index contributed by atoms with van der Waals surface area (Å²) < 4.78 is 0. The molecule has 1 saturated heterocycles. The van der Waals surface area contributed by atoms with E-state index in [2.05, 4.69) is 26.1 Å². The molecular weight excluding hydrogens is 218 g/mol. The third-order valence-electron chi connectivity index (χ3n) is 7.78. The van der Waals surface area contributed by atoms with Gasteiger partial charge in [-0.25, -0.2) is 0 Å². The van der Waals surface area contributed by atoms with Crippen LogP contribution in [0.5, 0.6) is 0 Å². The van der Waals surface area contributed by atoms with Crippen molar-refractivity contribution in [3.8, 4) is 0 Å². The first-order chi connectivity index (χ1) is 8.44. The molecule has 1 aliphatic heterocycles. The van der Waals surface area contributed by atoms with Crippen LogP contribution in [0.2, 0.25) is 0 Å². The van der Waals surface area contributed by atoms with Gasteiger partial charge in [-0.05, 0) is 93.9 Å². The van der Waals surface area contributed by atoms with Crippen molar-refractivity contribution in [2.45, 2.75) is 71.3 Å². The molecule has 4 saturated carbocycles. The van der Waals surface area contributed by atoms with Gasteiger partial charge < -0.3 is 5.32 Å². The fourth-order valence-electron chi connectivity index (χ4n) is 6.85. The van der Waals surface area contributed by atoms with E-state index in [0.29, 0.717) is 16.4 Å². The van der Waals surface area contributed by atoms with Crippen LogP contribution in [0.4, 0.5) is 0 Å². The summed E-state index contributed by atoms with van der Waals surface area (Å²) in [6, 6.07) is 0. The Labute approximate surface area is 112 Å². The minimum Gasteiger partial charge on any atom is -0.311 e. The van der Waals surface area contributed by atoms with Gasteiger partial charge in [0.05, 0.1) is 0 Å². The van der Waals surface area contributed by atoms with Crippen LogP contribution in [0.15, 0.2) is 0 Å². The molecule has 0 amide bonds.